The highest BCUT2D eigenvalue weighted by atomic mass is 32.2. The summed E-state index contributed by atoms with van der Waals surface area (Å²) in [5.74, 6) is 0. The van der Waals surface area contributed by atoms with Crippen LogP contribution in [-0.2, 0) is 0 Å². The number of benzene rings is 2. The van der Waals surface area contributed by atoms with Gasteiger partial charge in [0.05, 0.1) is 16.8 Å². The highest BCUT2D eigenvalue weighted by molar-refractivity contribution is 7.99. The molecule has 0 bridgehead atoms. The number of nitrogens with zero attached hydrogens (tertiary/aromatic N) is 4. The van der Waals surface area contributed by atoms with E-state index >= 15 is 0 Å². The van der Waals surface area contributed by atoms with Gasteiger partial charge in [-0.2, -0.15) is 5.10 Å². The van der Waals surface area contributed by atoms with Crippen LogP contribution in [0.1, 0.15) is 5.56 Å². The Bertz CT molecular complexity index is 1180. The Labute approximate surface area is 180 Å². The van der Waals surface area contributed by atoms with Crippen LogP contribution in [0.5, 0.6) is 0 Å². The first-order valence-corrected chi connectivity index (χ1v) is 10.6. The summed E-state index contributed by atoms with van der Waals surface area (Å²) in [7, 11) is 0. The summed E-state index contributed by atoms with van der Waals surface area (Å²) in [5.41, 5.74) is 5.41. The number of nitro benzene ring substituents is 1. The Hall–Kier alpha value is -3.56. The minimum Gasteiger partial charge on any atom is -0.258 e. The molecule has 0 saturated carbocycles. The largest absolute Gasteiger partial charge is 0.270 e. The maximum Gasteiger partial charge on any atom is 0.270 e. The number of nitro groups is 1. The highest BCUT2D eigenvalue weighted by Crippen LogP contribution is 2.31. The smallest absolute Gasteiger partial charge is 0.258 e. The lowest BCUT2D eigenvalue weighted by Crippen LogP contribution is -1.95. The minimum atomic E-state index is -0.424. The van der Waals surface area contributed by atoms with Crippen molar-refractivity contribution < 1.29 is 4.92 Å². The van der Waals surface area contributed by atoms with Crippen molar-refractivity contribution in [1.29, 1.82) is 0 Å². The van der Waals surface area contributed by atoms with Crippen LogP contribution in [-0.4, -0.2) is 21.1 Å². The molecule has 1 N–H and O–H groups in total. The van der Waals surface area contributed by atoms with Gasteiger partial charge in [0.2, 0.25) is 5.13 Å². The molecule has 0 aliphatic rings. The first-order valence-electron chi connectivity index (χ1n) is 8.86. The van der Waals surface area contributed by atoms with E-state index in [1.54, 1.807) is 18.5 Å². The Morgan fingerprint density at radius 1 is 1.10 bits per heavy atom. The molecule has 9 heteroatoms. The first kappa shape index (κ1) is 19.7. The van der Waals surface area contributed by atoms with Crippen LogP contribution in [0.3, 0.4) is 0 Å². The molecule has 0 aliphatic carbocycles. The molecule has 0 fully saturated rings. The summed E-state index contributed by atoms with van der Waals surface area (Å²) >= 11 is 2.85. The van der Waals surface area contributed by atoms with Crippen LogP contribution in [0.15, 0.2) is 93.3 Å². The number of nitrogens with one attached hydrogen (secondary N) is 1. The number of non-ortho nitro benzene ring substituents is 1. The second-order valence-corrected chi connectivity index (χ2v) is 7.94. The average Bonchev–Trinajstić information content (AvgIpc) is 3.25. The van der Waals surface area contributed by atoms with Crippen molar-refractivity contribution in [1.82, 2.24) is 9.97 Å². The van der Waals surface area contributed by atoms with Gasteiger partial charge in [0.25, 0.3) is 5.69 Å². The zero-order chi connectivity index (χ0) is 20.8. The number of anilines is 1. The molecule has 0 amide bonds. The van der Waals surface area contributed by atoms with E-state index in [1.165, 1.54) is 35.2 Å². The van der Waals surface area contributed by atoms with Gasteiger partial charge in [-0.15, -0.1) is 11.3 Å². The van der Waals surface area contributed by atoms with Crippen molar-refractivity contribution >= 4 is 40.1 Å². The van der Waals surface area contributed by atoms with Crippen LogP contribution >= 0.6 is 23.1 Å². The molecule has 2 aromatic carbocycles. The van der Waals surface area contributed by atoms with Gasteiger partial charge < -0.3 is 0 Å². The summed E-state index contributed by atoms with van der Waals surface area (Å²) in [5, 5.41) is 18.8. The number of aromatic nitrogens is 2. The molecule has 0 saturated heterocycles. The number of hydrogen-bond donors (Lipinski definition) is 1. The molecule has 0 unspecified atom stereocenters. The minimum absolute atomic E-state index is 0.00225. The molecule has 0 spiro atoms. The summed E-state index contributed by atoms with van der Waals surface area (Å²) in [6.07, 6.45) is 3.26. The molecule has 0 aliphatic heterocycles. The third-order valence-electron chi connectivity index (χ3n) is 3.99. The van der Waals surface area contributed by atoms with Crippen LogP contribution in [0, 0.1) is 10.1 Å². The predicted molar refractivity (Wildman–Crippen MR) is 120 cm³/mol. The van der Waals surface area contributed by atoms with E-state index in [4.69, 9.17) is 0 Å². The van der Waals surface area contributed by atoms with Gasteiger partial charge in [0.1, 0.15) is 5.03 Å². The molecular weight excluding hydrogens is 418 g/mol. The van der Waals surface area contributed by atoms with Gasteiger partial charge in [-0.1, -0.05) is 48.2 Å². The Balaban J connectivity index is 1.54. The van der Waals surface area contributed by atoms with E-state index in [0.29, 0.717) is 10.7 Å². The summed E-state index contributed by atoms with van der Waals surface area (Å²) in [6, 6.07) is 20.1. The molecule has 2 heterocycles. The maximum absolute atomic E-state index is 11.2. The fourth-order valence-electron chi connectivity index (χ4n) is 2.59. The molecule has 0 atom stereocenters. The monoisotopic (exact) mass is 433 g/mol. The molecule has 4 rings (SSSR count). The lowest BCUT2D eigenvalue weighted by Gasteiger charge is -2.05. The number of hydrazone groups is 1. The van der Waals surface area contributed by atoms with Crippen LogP contribution in [0.2, 0.25) is 0 Å². The Morgan fingerprint density at radius 3 is 2.70 bits per heavy atom. The van der Waals surface area contributed by atoms with Gasteiger partial charge in [-0.25, -0.2) is 9.97 Å². The number of rotatable bonds is 7. The first-order chi connectivity index (χ1) is 14.7. The molecule has 7 nitrogen and oxygen atoms in total. The summed E-state index contributed by atoms with van der Waals surface area (Å²) < 4.78 is 0. The highest BCUT2D eigenvalue weighted by Gasteiger charge is 2.11. The van der Waals surface area contributed by atoms with Crippen molar-refractivity contribution in [3.8, 4) is 11.3 Å². The van der Waals surface area contributed by atoms with E-state index in [0.717, 1.165) is 21.2 Å². The second-order valence-electron chi connectivity index (χ2n) is 6.02. The summed E-state index contributed by atoms with van der Waals surface area (Å²) in [4.78, 5) is 20.4. The number of hydrogen-bond acceptors (Lipinski definition) is 8. The van der Waals surface area contributed by atoms with Crippen LogP contribution in [0.25, 0.3) is 11.3 Å². The lowest BCUT2D eigenvalue weighted by molar-refractivity contribution is -0.384. The molecule has 0 radical (unpaired) electrons. The van der Waals surface area contributed by atoms with Crippen molar-refractivity contribution in [2.45, 2.75) is 9.92 Å². The molecule has 148 valence electrons. The van der Waals surface area contributed by atoms with Crippen molar-refractivity contribution in [3.63, 3.8) is 0 Å². The molecular formula is C21H15N5O2S2. The zero-order valence-electron chi connectivity index (χ0n) is 15.5. The normalized spacial score (nSPS) is 10.9. The maximum atomic E-state index is 11.2. The summed E-state index contributed by atoms with van der Waals surface area (Å²) in [6.45, 7) is 0. The predicted octanol–water partition coefficient (Wildman–Crippen LogP) is 5.71. The quantitative estimate of drug-likeness (QED) is 0.228. The standard InChI is InChI=1S/C21H15N5O2S2/c27-26(28)17-9-10-19(30-20-8-4-5-11-22-20)16(12-17)13-23-25-21-24-18(14-29-21)15-6-2-1-3-7-15/h1-14H,(H,24,25). The fourth-order valence-corrected chi connectivity index (χ4v) is 4.11. The van der Waals surface area contributed by atoms with Crippen molar-refractivity contribution in [2.24, 2.45) is 5.10 Å². The SMILES string of the molecule is O=[N+]([O-])c1ccc(Sc2ccccn2)c(C=NNc2nc(-c3ccccc3)cs2)c1. The van der Waals surface area contributed by atoms with E-state index in [1.807, 2.05) is 53.9 Å². The molecule has 2 aromatic heterocycles. The van der Waals surface area contributed by atoms with Gasteiger partial charge in [-0.3, -0.25) is 15.5 Å². The van der Waals surface area contributed by atoms with Gasteiger partial charge in [0.15, 0.2) is 0 Å². The van der Waals surface area contributed by atoms with Gasteiger partial charge >= 0.3 is 0 Å². The molecule has 4 aromatic rings. The van der Waals surface area contributed by atoms with Gasteiger partial charge in [-0.05, 0) is 18.2 Å². The van der Waals surface area contributed by atoms with Crippen molar-refractivity contribution in [3.05, 3.63) is 94.0 Å². The van der Waals surface area contributed by atoms with Crippen molar-refractivity contribution in [2.75, 3.05) is 5.43 Å². The third-order valence-corrected chi connectivity index (χ3v) is 5.78. The third kappa shape index (κ3) is 4.88. The Kier molecular flexibility index (Phi) is 6.11. The van der Waals surface area contributed by atoms with E-state index in [9.17, 15) is 10.1 Å². The van der Waals surface area contributed by atoms with Crippen LogP contribution < -0.4 is 5.43 Å². The molecule has 30 heavy (non-hydrogen) atoms. The average molecular weight is 434 g/mol. The topological polar surface area (TPSA) is 93.3 Å². The second kappa shape index (κ2) is 9.29. The van der Waals surface area contributed by atoms with E-state index in [-0.39, 0.29) is 5.69 Å². The number of pyridine rings is 1. The number of thiazole rings is 1. The van der Waals surface area contributed by atoms with E-state index < -0.39 is 4.92 Å². The Morgan fingerprint density at radius 2 is 1.93 bits per heavy atom. The van der Waals surface area contributed by atoms with E-state index in [2.05, 4.69) is 20.5 Å². The fraction of sp³-hybridized carbons (Fsp3) is 0. The van der Waals surface area contributed by atoms with Gasteiger partial charge in [0, 0.05) is 39.7 Å². The lowest BCUT2D eigenvalue weighted by atomic mass is 10.2. The van der Waals surface area contributed by atoms with Crippen LogP contribution in [0.4, 0.5) is 10.8 Å². The zero-order valence-corrected chi connectivity index (χ0v) is 17.1.